The maximum Gasteiger partial charge on any atom is 0.134 e. The van der Waals surface area contributed by atoms with E-state index in [9.17, 15) is 0 Å². The fourth-order valence-electron chi connectivity index (χ4n) is 10.3. The van der Waals surface area contributed by atoms with Crippen molar-refractivity contribution in [3.8, 4) is 33.4 Å². The second-order valence-electron chi connectivity index (χ2n) is 16.4. The van der Waals surface area contributed by atoms with Gasteiger partial charge in [-0.05, 0) is 122 Å². The number of dihydropyridines is 1. The molecule has 2 unspecified atom stereocenters. The molecule has 1 spiro atoms. The molecule has 12 rings (SSSR count). The first-order valence-corrected chi connectivity index (χ1v) is 21.5. The van der Waals surface area contributed by atoms with Crippen LogP contribution in [0.15, 0.2) is 241 Å². The Balaban J connectivity index is 0.968. The van der Waals surface area contributed by atoms with Crippen LogP contribution in [0.25, 0.3) is 39.1 Å². The van der Waals surface area contributed by atoms with E-state index in [2.05, 4.69) is 240 Å². The van der Waals surface area contributed by atoms with Crippen LogP contribution < -0.4 is 15.5 Å². The van der Waals surface area contributed by atoms with Crippen LogP contribution in [-0.4, -0.2) is 12.4 Å². The number of amidine groups is 1. The lowest BCUT2D eigenvalue weighted by Crippen LogP contribution is -2.43. The van der Waals surface area contributed by atoms with E-state index in [4.69, 9.17) is 4.99 Å². The third kappa shape index (κ3) is 5.72. The lowest BCUT2D eigenvalue weighted by atomic mass is 9.63. The van der Waals surface area contributed by atoms with Gasteiger partial charge in [0.05, 0.1) is 28.5 Å². The van der Waals surface area contributed by atoms with Gasteiger partial charge in [0, 0.05) is 17.8 Å². The summed E-state index contributed by atoms with van der Waals surface area (Å²) in [6.07, 6.45) is 6.60. The minimum absolute atomic E-state index is 0.00933. The maximum absolute atomic E-state index is 5.21. The minimum atomic E-state index is -0.485. The molecule has 8 aromatic rings. The first-order chi connectivity index (χ1) is 30.7. The van der Waals surface area contributed by atoms with E-state index in [-0.39, 0.29) is 6.04 Å². The Hall–Kier alpha value is -7.95. The molecule has 0 saturated carbocycles. The van der Waals surface area contributed by atoms with E-state index in [0.29, 0.717) is 0 Å². The molecule has 0 aromatic heterocycles. The molecule has 0 bridgehead atoms. The van der Waals surface area contributed by atoms with Crippen LogP contribution >= 0.6 is 0 Å². The smallest absolute Gasteiger partial charge is 0.134 e. The number of anilines is 2. The summed E-state index contributed by atoms with van der Waals surface area (Å²) in [6.45, 7) is 0.738. The molecule has 0 saturated heterocycles. The highest BCUT2D eigenvalue weighted by atomic mass is 15.2. The van der Waals surface area contributed by atoms with Gasteiger partial charge in [-0.3, -0.25) is 0 Å². The van der Waals surface area contributed by atoms with E-state index in [1.165, 1.54) is 61.5 Å². The van der Waals surface area contributed by atoms with Crippen molar-refractivity contribution in [2.75, 3.05) is 11.4 Å². The van der Waals surface area contributed by atoms with Gasteiger partial charge in [-0.15, -0.1) is 0 Å². The first kappa shape index (κ1) is 35.9. The van der Waals surface area contributed by atoms with Gasteiger partial charge < -0.3 is 15.5 Å². The molecule has 3 heterocycles. The zero-order valence-electron chi connectivity index (χ0n) is 34.0. The zero-order valence-corrected chi connectivity index (χ0v) is 34.0. The molecule has 2 atom stereocenters. The number of rotatable bonds is 6. The van der Waals surface area contributed by atoms with E-state index in [1.807, 2.05) is 0 Å². The highest BCUT2D eigenvalue weighted by Gasteiger charge is 2.52. The van der Waals surface area contributed by atoms with Gasteiger partial charge in [-0.25, -0.2) is 4.99 Å². The summed E-state index contributed by atoms with van der Waals surface area (Å²) in [5, 5.41) is 7.40. The molecule has 4 heteroatoms. The molecule has 62 heavy (non-hydrogen) atoms. The average molecular weight is 795 g/mol. The van der Waals surface area contributed by atoms with Crippen molar-refractivity contribution in [1.82, 2.24) is 10.6 Å². The van der Waals surface area contributed by atoms with Gasteiger partial charge in [0.25, 0.3) is 0 Å². The molecule has 8 aromatic carbocycles. The summed E-state index contributed by atoms with van der Waals surface area (Å²) in [6, 6.07) is 74.8. The molecule has 0 amide bonds. The SMILES string of the molecule is C1=CC2=C(CN1)C1(c3ccccc3-c3ccc(-c4cccc(-c5cccc(C6=NC(c7ccccc7)=CC(c7ccccc7)N6)c5)c4)cc31)c1ccccc1N2c1ccccc1. The Bertz CT molecular complexity index is 3160. The molecule has 2 N–H and O–H groups in total. The van der Waals surface area contributed by atoms with Crippen molar-refractivity contribution in [1.29, 1.82) is 0 Å². The van der Waals surface area contributed by atoms with Crippen molar-refractivity contribution in [3.63, 3.8) is 0 Å². The quantitative estimate of drug-likeness (QED) is 0.176. The van der Waals surface area contributed by atoms with Gasteiger partial charge in [0.2, 0.25) is 0 Å². The third-order valence-corrected chi connectivity index (χ3v) is 13.0. The number of para-hydroxylation sites is 2. The molecule has 0 fully saturated rings. The van der Waals surface area contributed by atoms with Crippen LogP contribution in [-0.2, 0) is 5.41 Å². The van der Waals surface area contributed by atoms with Crippen molar-refractivity contribution in [2.45, 2.75) is 11.5 Å². The van der Waals surface area contributed by atoms with Crippen LogP contribution in [0, 0.1) is 0 Å². The highest BCUT2D eigenvalue weighted by molar-refractivity contribution is 6.04. The third-order valence-electron chi connectivity index (χ3n) is 13.0. The van der Waals surface area contributed by atoms with E-state index in [1.54, 1.807) is 0 Å². The second-order valence-corrected chi connectivity index (χ2v) is 16.4. The molecule has 4 aliphatic rings. The normalized spacial score (nSPS) is 18.1. The number of benzene rings is 8. The molecule has 294 valence electrons. The van der Waals surface area contributed by atoms with Gasteiger partial charge in [0.1, 0.15) is 5.84 Å². The van der Waals surface area contributed by atoms with Crippen LogP contribution in [0.3, 0.4) is 0 Å². The second kappa shape index (κ2) is 14.6. The highest BCUT2D eigenvalue weighted by Crippen LogP contribution is 2.62. The Morgan fingerprint density at radius 2 is 1.10 bits per heavy atom. The number of allylic oxidation sites excluding steroid dienone is 1. The summed E-state index contributed by atoms with van der Waals surface area (Å²) in [7, 11) is 0. The number of hydrogen-bond donors (Lipinski definition) is 2. The minimum Gasteiger partial charge on any atom is -0.387 e. The van der Waals surface area contributed by atoms with Gasteiger partial charge in [-0.2, -0.15) is 0 Å². The molecule has 4 nitrogen and oxygen atoms in total. The molecule has 1 aliphatic carbocycles. The van der Waals surface area contributed by atoms with Gasteiger partial charge in [-0.1, -0.05) is 170 Å². The predicted octanol–water partition coefficient (Wildman–Crippen LogP) is 13.0. The van der Waals surface area contributed by atoms with Crippen molar-refractivity contribution in [3.05, 3.63) is 269 Å². The Kier molecular flexibility index (Phi) is 8.49. The maximum atomic E-state index is 5.21. The number of nitrogens with one attached hydrogen (secondary N) is 2. The van der Waals surface area contributed by atoms with Crippen LogP contribution in [0.4, 0.5) is 11.4 Å². The van der Waals surface area contributed by atoms with E-state index >= 15 is 0 Å². The summed E-state index contributed by atoms with van der Waals surface area (Å²) >= 11 is 0. The largest absolute Gasteiger partial charge is 0.387 e. The van der Waals surface area contributed by atoms with E-state index < -0.39 is 5.41 Å². The average Bonchev–Trinajstić information content (AvgIpc) is 3.65. The van der Waals surface area contributed by atoms with Crippen LogP contribution in [0.5, 0.6) is 0 Å². The fourth-order valence-corrected chi connectivity index (χ4v) is 10.3. The topological polar surface area (TPSA) is 39.7 Å². The fraction of sp³-hybridized carbons (Fsp3) is 0.0517. The number of hydrogen-bond acceptors (Lipinski definition) is 4. The Labute approximate surface area is 362 Å². The Morgan fingerprint density at radius 1 is 0.500 bits per heavy atom. The van der Waals surface area contributed by atoms with Crippen molar-refractivity contribution >= 4 is 22.9 Å². The van der Waals surface area contributed by atoms with E-state index in [0.717, 1.165) is 46.0 Å². The summed E-state index contributed by atoms with van der Waals surface area (Å²) in [5.74, 6) is 0.862. The number of nitrogens with zero attached hydrogens (tertiary/aromatic N) is 2. The molecular weight excluding hydrogens is 753 g/mol. The van der Waals surface area contributed by atoms with Crippen LogP contribution in [0.1, 0.15) is 39.4 Å². The standard InChI is InChI=1S/C58H42N4/c1-4-16-39(17-5-1)53-37-54(40-18-6-2-7-19-40)61-57(60-53)45-23-15-22-43(35-45)41-20-14-21-42(34-41)44-30-31-48-47-26-10-11-27-49(47)58(51(48)36-44)50-28-12-13-29-55(50)62(46-24-8-3-9-25-46)56-32-33-59-38-52(56)58/h1-37,53,59H,38H2,(H,60,61). The van der Waals surface area contributed by atoms with Crippen molar-refractivity contribution in [2.24, 2.45) is 4.99 Å². The molecule has 3 aliphatic heterocycles. The molecular formula is C58H42N4. The predicted molar refractivity (Wildman–Crippen MR) is 255 cm³/mol. The number of aliphatic imine (C=N–C) groups is 1. The summed E-state index contributed by atoms with van der Waals surface area (Å²) in [5.41, 5.74) is 20.0. The Morgan fingerprint density at radius 3 is 1.87 bits per heavy atom. The number of fused-ring (bicyclic) bond motifs is 8. The van der Waals surface area contributed by atoms with Gasteiger partial charge >= 0.3 is 0 Å². The van der Waals surface area contributed by atoms with Crippen molar-refractivity contribution < 1.29 is 0 Å². The summed E-state index contributed by atoms with van der Waals surface area (Å²) < 4.78 is 0. The first-order valence-electron chi connectivity index (χ1n) is 21.5. The zero-order chi connectivity index (χ0) is 41.0. The van der Waals surface area contributed by atoms with Crippen LogP contribution in [0.2, 0.25) is 0 Å². The monoisotopic (exact) mass is 794 g/mol. The van der Waals surface area contributed by atoms with Gasteiger partial charge in [0.15, 0.2) is 0 Å². The molecule has 0 radical (unpaired) electrons. The lowest BCUT2D eigenvalue weighted by Gasteiger charge is -2.47. The summed E-state index contributed by atoms with van der Waals surface area (Å²) in [4.78, 5) is 7.66. The lowest BCUT2D eigenvalue weighted by molar-refractivity contribution is 0.667.